The van der Waals surface area contributed by atoms with Gasteiger partial charge in [0, 0.05) is 34.2 Å². The van der Waals surface area contributed by atoms with E-state index in [-0.39, 0.29) is 17.8 Å². The Kier molecular flexibility index (Phi) is 3.60. The van der Waals surface area contributed by atoms with Gasteiger partial charge in [-0.3, -0.25) is 4.79 Å². The Morgan fingerprint density at radius 3 is 3.05 bits per heavy atom. The van der Waals surface area contributed by atoms with Gasteiger partial charge in [0.25, 0.3) is 5.91 Å². The van der Waals surface area contributed by atoms with Crippen molar-refractivity contribution in [2.45, 2.75) is 13.0 Å². The Hall–Kier alpha value is -1.27. The number of thioether (sulfide) groups is 1. The fraction of sp³-hybridized carbons (Fsp3) is 0.357. The number of nitrogens with zero attached hydrogens (tertiary/aromatic N) is 1. The molecule has 6 heteroatoms. The fourth-order valence-corrected chi connectivity index (χ4v) is 4.48. The first-order valence-corrected chi connectivity index (χ1v) is 8.41. The number of halogens is 1. The number of anilines is 1. The Bertz CT molecular complexity index is 670. The largest absolute Gasteiger partial charge is 0.397 e. The lowest BCUT2D eigenvalue weighted by atomic mass is 10.2. The molecule has 2 N–H and O–H groups in total. The zero-order valence-corrected chi connectivity index (χ0v) is 12.7. The van der Waals surface area contributed by atoms with E-state index < -0.39 is 0 Å². The molecule has 0 radical (unpaired) electrons. The minimum Gasteiger partial charge on any atom is -0.397 e. The van der Waals surface area contributed by atoms with Crippen LogP contribution < -0.4 is 5.73 Å². The van der Waals surface area contributed by atoms with Crippen LogP contribution in [0.1, 0.15) is 16.6 Å². The highest BCUT2D eigenvalue weighted by Gasteiger charge is 2.27. The van der Waals surface area contributed by atoms with Crippen molar-refractivity contribution in [3.8, 4) is 0 Å². The summed E-state index contributed by atoms with van der Waals surface area (Å²) in [4.78, 5) is 15.0. The maximum Gasteiger partial charge on any atom is 0.266 e. The molecule has 1 amide bonds. The quantitative estimate of drug-likeness (QED) is 0.880. The molecule has 0 aliphatic carbocycles. The number of carbonyl (C=O) groups is 1. The summed E-state index contributed by atoms with van der Waals surface area (Å²) in [5, 5.41) is 0.636. The normalized spacial score (nSPS) is 19.5. The van der Waals surface area contributed by atoms with Crippen LogP contribution in [0.3, 0.4) is 0 Å². The number of rotatable bonds is 1. The van der Waals surface area contributed by atoms with Crippen molar-refractivity contribution >= 4 is 44.8 Å². The highest BCUT2D eigenvalue weighted by molar-refractivity contribution is 7.99. The van der Waals surface area contributed by atoms with Gasteiger partial charge in [-0.2, -0.15) is 11.8 Å². The van der Waals surface area contributed by atoms with Crippen molar-refractivity contribution in [2.75, 3.05) is 23.8 Å². The molecule has 0 saturated carbocycles. The molecule has 0 spiro atoms. The number of fused-ring (bicyclic) bond motifs is 1. The fourth-order valence-electron chi connectivity index (χ4n) is 2.41. The molecule has 1 aliphatic heterocycles. The first kappa shape index (κ1) is 13.7. The van der Waals surface area contributed by atoms with E-state index in [9.17, 15) is 9.18 Å². The number of hydrogen-bond donors (Lipinski definition) is 1. The van der Waals surface area contributed by atoms with Crippen LogP contribution in [0.25, 0.3) is 10.1 Å². The molecule has 1 unspecified atom stereocenters. The van der Waals surface area contributed by atoms with E-state index in [0.29, 0.717) is 16.0 Å². The van der Waals surface area contributed by atoms with E-state index in [1.807, 2.05) is 23.6 Å². The van der Waals surface area contributed by atoms with Crippen molar-refractivity contribution in [2.24, 2.45) is 0 Å². The third-order valence-electron chi connectivity index (χ3n) is 3.51. The second-order valence-electron chi connectivity index (χ2n) is 4.91. The van der Waals surface area contributed by atoms with Gasteiger partial charge in [-0.05, 0) is 25.1 Å². The van der Waals surface area contributed by atoms with Gasteiger partial charge in [-0.15, -0.1) is 11.3 Å². The van der Waals surface area contributed by atoms with Crippen LogP contribution in [0.15, 0.2) is 18.2 Å². The minimum absolute atomic E-state index is 0.0306. The summed E-state index contributed by atoms with van der Waals surface area (Å²) in [6.07, 6.45) is 0. The Morgan fingerprint density at radius 1 is 1.50 bits per heavy atom. The Labute approximate surface area is 124 Å². The molecule has 1 saturated heterocycles. The number of nitrogen functional groups attached to an aromatic ring is 1. The topological polar surface area (TPSA) is 46.3 Å². The monoisotopic (exact) mass is 310 g/mol. The summed E-state index contributed by atoms with van der Waals surface area (Å²) < 4.78 is 14.1. The zero-order chi connectivity index (χ0) is 14.3. The summed E-state index contributed by atoms with van der Waals surface area (Å²) >= 11 is 3.21. The van der Waals surface area contributed by atoms with E-state index >= 15 is 0 Å². The predicted octanol–water partition coefficient (Wildman–Crippen LogP) is 3.20. The first-order chi connectivity index (χ1) is 9.58. The highest BCUT2D eigenvalue weighted by atomic mass is 32.2. The average Bonchev–Trinajstić information content (AvgIpc) is 2.76. The van der Waals surface area contributed by atoms with Gasteiger partial charge in [0.05, 0.1) is 5.69 Å². The van der Waals surface area contributed by atoms with Gasteiger partial charge in [-0.1, -0.05) is 0 Å². The second-order valence-corrected chi connectivity index (χ2v) is 7.11. The molecule has 0 bridgehead atoms. The SMILES string of the molecule is CC1CSCCN1C(=O)c1sc2ccc(F)cc2c1N. The van der Waals surface area contributed by atoms with Gasteiger partial charge in [0.1, 0.15) is 10.7 Å². The van der Waals surface area contributed by atoms with Crippen LogP contribution in [-0.4, -0.2) is 34.9 Å². The molecule has 2 heterocycles. The van der Waals surface area contributed by atoms with Gasteiger partial charge >= 0.3 is 0 Å². The van der Waals surface area contributed by atoms with Gasteiger partial charge in [0.2, 0.25) is 0 Å². The van der Waals surface area contributed by atoms with Crippen molar-refractivity contribution in [3.63, 3.8) is 0 Å². The van der Waals surface area contributed by atoms with Crippen molar-refractivity contribution in [1.29, 1.82) is 0 Å². The number of nitrogens with two attached hydrogens (primary N) is 1. The number of hydrogen-bond acceptors (Lipinski definition) is 4. The third kappa shape index (κ3) is 2.27. The summed E-state index contributed by atoms with van der Waals surface area (Å²) in [6, 6.07) is 4.68. The summed E-state index contributed by atoms with van der Waals surface area (Å²) in [5.74, 6) is 1.54. The predicted molar refractivity (Wildman–Crippen MR) is 84.0 cm³/mol. The molecule has 2 aromatic rings. The molecule has 1 atom stereocenters. The van der Waals surface area contributed by atoms with Crippen LogP contribution in [0.5, 0.6) is 0 Å². The van der Waals surface area contributed by atoms with E-state index in [1.54, 1.807) is 6.07 Å². The Morgan fingerprint density at radius 2 is 2.30 bits per heavy atom. The van der Waals surface area contributed by atoms with Crippen LogP contribution in [0.4, 0.5) is 10.1 Å². The Balaban J connectivity index is 2.01. The average molecular weight is 310 g/mol. The zero-order valence-electron chi connectivity index (χ0n) is 11.1. The standard InChI is InChI=1S/C14H15FN2OS2/c1-8-7-19-5-4-17(8)14(18)13-12(16)10-6-9(15)2-3-11(10)20-13/h2-3,6,8H,4-5,7,16H2,1H3. The lowest BCUT2D eigenvalue weighted by Crippen LogP contribution is -2.44. The number of carbonyl (C=O) groups excluding carboxylic acids is 1. The van der Waals surface area contributed by atoms with E-state index in [2.05, 4.69) is 0 Å². The van der Waals surface area contributed by atoms with Gasteiger partial charge in [0.15, 0.2) is 0 Å². The maximum absolute atomic E-state index is 13.3. The molecule has 1 aromatic carbocycles. The van der Waals surface area contributed by atoms with E-state index in [1.165, 1.54) is 23.5 Å². The van der Waals surface area contributed by atoms with Crippen molar-refractivity contribution < 1.29 is 9.18 Å². The van der Waals surface area contributed by atoms with Crippen molar-refractivity contribution in [3.05, 3.63) is 28.9 Å². The lowest BCUT2D eigenvalue weighted by molar-refractivity contribution is 0.0722. The van der Waals surface area contributed by atoms with Crippen molar-refractivity contribution in [1.82, 2.24) is 4.90 Å². The number of benzene rings is 1. The highest BCUT2D eigenvalue weighted by Crippen LogP contribution is 2.35. The summed E-state index contributed by atoms with van der Waals surface area (Å²) in [5.41, 5.74) is 6.45. The van der Waals surface area contributed by atoms with Gasteiger partial charge < -0.3 is 10.6 Å². The smallest absolute Gasteiger partial charge is 0.266 e. The lowest BCUT2D eigenvalue weighted by Gasteiger charge is -2.32. The van der Waals surface area contributed by atoms with Crippen LogP contribution in [0.2, 0.25) is 0 Å². The molecular formula is C14H15FN2OS2. The van der Waals surface area contributed by atoms with Crippen LogP contribution in [-0.2, 0) is 0 Å². The van der Waals surface area contributed by atoms with Crippen LogP contribution in [0, 0.1) is 5.82 Å². The molecule has 1 aromatic heterocycles. The molecule has 3 nitrogen and oxygen atoms in total. The second kappa shape index (κ2) is 5.26. The van der Waals surface area contributed by atoms with E-state index in [0.717, 1.165) is 22.8 Å². The molecule has 20 heavy (non-hydrogen) atoms. The minimum atomic E-state index is -0.330. The maximum atomic E-state index is 13.3. The molecule has 3 rings (SSSR count). The van der Waals surface area contributed by atoms with Gasteiger partial charge in [-0.25, -0.2) is 4.39 Å². The summed E-state index contributed by atoms with van der Waals surface area (Å²) in [7, 11) is 0. The number of amides is 1. The molecule has 1 aliphatic rings. The van der Waals surface area contributed by atoms with E-state index in [4.69, 9.17) is 5.73 Å². The van der Waals surface area contributed by atoms with Crippen LogP contribution >= 0.6 is 23.1 Å². The molecule has 1 fully saturated rings. The first-order valence-electron chi connectivity index (χ1n) is 6.44. The molecule has 106 valence electrons. The number of thiophene rings is 1. The summed E-state index contributed by atoms with van der Waals surface area (Å²) in [6.45, 7) is 2.79. The molecular weight excluding hydrogens is 295 g/mol. The third-order valence-corrected chi connectivity index (χ3v) is 5.88.